The molecule has 0 saturated carbocycles. The molecule has 5 aromatic carbocycles. The molecule has 212 valence electrons. The van der Waals surface area contributed by atoms with E-state index in [1.165, 1.54) is 22.3 Å². The monoisotopic (exact) mass is 569 g/mol. The molecular weight excluding hydrogens is 538 g/mol. The molecule has 0 amide bonds. The lowest BCUT2D eigenvalue weighted by atomic mass is 9.92. The largest absolute Gasteiger partial charge is 0.456 e. The van der Waals surface area contributed by atoms with Crippen molar-refractivity contribution in [2.75, 3.05) is 0 Å². The lowest BCUT2D eigenvalue weighted by Crippen LogP contribution is -2.01. The van der Waals surface area contributed by atoms with Crippen molar-refractivity contribution < 1.29 is 4.42 Å². The number of allylic oxidation sites excluding steroid dienone is 2. The van der Waals surface area contributed by atoms with E-state index in [9.17, 15) is 0 Å². The number of hydrogen-bond donors (Lipinski definition) is 0. The summed E-state index contributed by atoms with van der Waals surface area (Å²) in [6.45, 7) is 10.2. The molecule has 2 aromatic heterocycles. The van der Waals surface area contributed by atoms with Gasteiger partial charge in [0.1, 0.15) is 11.2 Å². The SMILES string of the molecule is C=C(C)c1nc(-c2ccccc2)nc(-c2ccc(-c3cccc4oc5ccc(/C(=C/C)c6ccccc6C)cc5c34)cc2)n1. The van der Waals surface area contributed by atoms with Crippen LogP contribution < -0.4 is 0 Å². The maximum absolute atomic E-state index is 6.34. The highest BCUT2D eigenvalue weighted by molar-refractivity contribution is 6.13. The van der Waals surface area contributed by atoms with Gasteiger partial charge in [-0.15, -0.1) is 0 Å². The van der Waals surface area contributed by atoms with E-state index < -0.39 is 0 Å². The van der Waals surface area contributed by atoms with Crippen molar-refractivity contribution in [3.63, 3.8) is 0 Å². The molecule has 0 aliphatic heterocycles. The fraction of sp³-hybridized carbons (Fsp3) is 0.0750. The molecule has 4 nitrogen and oxygen atoms in total. The summed E-state index contributed by atoms with van der Waals surface area (Å²) in [6.07, 6.45) is 2.19. The Morgan fingerprint density at radius 1 is 0.682 bits per heavy atom. The Hall–Kier alpha value is -5.61. The summed E-state index contributed by atoms with van der Waals surface area (Å²) in [6, 6.07) is 39.6. The maximum atomic E-state index is 6.34. The molecule has 7 rings (SSSR count). The van der Waals surface area contributed by atoms with E-state index in [1.54, 1.807) is 0 Å². The summed E-state index contributed by atoms with van der Waals surface area (Å²) >= 11 is 0. The summed E-state index contributed by atoms with van der Waals surface area (Å²) in [5.74, 6) is 1.85. The van der Waals surface area contributed by atoms with Crippen molar-refractivity contribution in [1.29, 1.82) is 0 Å². The first-order valence-electron chi connectivity index (χ1n) is 14.8. The molecule has 7 aromatic rings. The minimum Gasteiger partial charge on any atom is -0.456 e. The first-order valence-corrected chi connectivity index (χ1v) is 14.8. The van der Waals surface area contributed by atoms with Crippen LogP contribution in [0.5, 0.6) is 0 Å². The van der Waals surface area contributed by atoms with E-state index in [1.807, 2.05) is 43.3 Å². The standard InChI is InChI=1S/C40H31N3O/c1-5-31(32-15-10-9-12-26(32)4)30-22-23-35-34(24-30)37-33(16-11-17-36(37)44-35)27-18-20-29(21-19-27)40-42-38(25(2)3)41-39(43-40)28-13-7-6-8-14-28/h5-24H,2H2,1,3-4H3/b31-5-. The van der Waals surface area contributed by atoms with Gasteiger partial charge < -0.3 is 4.42 Å². The molecule has 0 aliphatic rings. The topological polar surface area (TPSA) is 51.8 Å². The molecule has 44 heavy (non-hydrogen) atoms. The van der Waals surface area contributed by atoms with Crippen LogP contribution in [-0.2, 0) is 0 Å². The molecule has 0 spiro atoms. The van der Waals surface area contributed by atoms with Gasteiger partial charge in [0, 0.05) is 21.9 Å². The second-order valence-corrected chi connectivity index (χ2v) is 11.0. The van der Waals surface area contributed by atoms with Gasteiger partial charge >= 0.3 is 0 Å². The van der Waals surface area contributed by atoms with Crippen LogP contribution in [0.4, 0.5) is 0 Å². The van der Waals surface area contributed by atoms with Gasteiger partial charge in [0.05, 0.1) is 0 Å². The molecule has 0 fully saturated rings. The predicted molar refractivity (Wildman–Crippen MR) is 182 cm³/mol. The highest BCUT2D eigenvalue weighted by atomic mass is 16.3. The lowest BCUT2D eigenvalue weighted by molar-refractivity contribution is 0.669. The predicted octanol–water partition coefficient (Wildman–Crippen LogP) is 10.6. The quantitative estimate of drug-likeness (QED) is 0.200. The Morgan fingerprint density at radius 3 is 2.07 bits per heavy atom. The molecule has 4 heteroatoms. The Bertz CT molecular complexity index is 2210. The number of fused-ring (bicyclic) bond motifs is 3. The van der Waals surface area contributed by atoms with E-state index in [0.717, 1.165) is 49.8 Å². The van der Waals surface area contributed by atoms with Gasteiger partial charge in [0.15, 0.2) is 17.5 Å². The second kappa shape index (κ2) is 11.2. The third-order valence-electron chi connectivity index (χ3n) is 8.03. The fourth-order valence-corrected chi connectivity index (χ4v) is 5.80. The lowest BCUT2D eigenvalue weighted by Gasteiger charge is -2.11. The normalized spacial score (nSPS) is 11.8. The van der Waals surface area contributed by atoms with Crippen molar-refractivity contribution >= 4 is 33.1 Å². The first-order chi connectivity index (χ1) is 21.5. The minimum atomic E-state index is 0.592. The molecule has 0 bridgehead atoms. The zero-order chi connectivity index (χ0) is 30.2. The number of nitrogens with zero attached hydrogens (tertiary/aromatic N) is 3. The molecule has 0 unspecified atom stereocenters. The molecule has 2 heterocycles. The van der Waals surface area contributed by atoms with Gasteiger partial charge in [0.2, 0.25) is 0 Å². The van der Waals surface area contributed by atoms with Crippen LogP contribution in [0.15, 0.2) is 132 Å². The second-order valence-electron chi connectivity index (χ2n) is 11.0. The Kier molecular flexibility index (Phi) is 6.95. The first kappa shape index (κ1) is 27.2. The van der Waals surface area contributed by atoms with Crippen molar-refractivity contribution in [2.24, 2.45) is 0 Å². The van der Waals surface area contributed by atoms with Gasteiger partial charge in [-0.3, -0.25) is 0 Å². The van der Waals surface area contributed by atoms with Gasteiger partial charge in [-0.25, -0.2) is 15.0 Å². The summed E-state index contributed by atoms with van der Waals surface area (Å²) < 4.78 is 6.34. The molecule has 0 N–H and O–H groups in total. The van der Waals surface area contributed by atoms with E-state index in [4.69, 9.17) is 14.4 Å². The summed E-state index contributed by atoms with van der Waals surface area (Å²) in [5, 5.41) is 2.20. The summed E-state index contributed by atoms with van der Waals surface area (Å²) in [4.78, 5) is 14.2. The number of hydrogen-bond acceptors (Lipinski definition) is 4. The molecule has 0 saturated heterocycles. The maximum Gasteiger partial charge on any atom is 0.164 e. The van der Waals surface area contributed by atoms with Crippen LogP contribution in [0.1, 0.15) is 36.4 Å². The van der Waals surface area contributed by atoms with Crippen molar-refractivity contribution in [2.45, 2.75) is 20.8 Å². The smallest absolute Gasteiger partial charge is 0.164 e. The van der Waals surface area contributed by atoms with Crippen LogP contribution in [0, 0.1) is 6.92 Å². The highest BCUT2D eigenvalue weighted by Crippen LogP contribution is 2.39. The number of aromatic nitrogens is 3. The Morgan fingerprint density at radius 2 is 1.36 bits per heavy atom. The molecule has 0 aliphatic carbocycles. The number of rotatable bonds is 6. The Balaban J connectivity index is 1.32. The zero-order valence-corrected chi connectivity index (χ0v) is 25.0. The average Bonchev–Trinajstić information content (AvgIpc) is 3.44. The van der Waals surface area contributed by atoms with Crippen LogP contribution in [0.2, 0.25) is 0 Å². The van der Waals surface area contributed by atoms with Crippen LogP contribution >= 0.6 is 0 Å². The third-order valence-corrected chi connectivity index (χ3v) is 8.03. The summed E-state index contributed by atoms with van der Waals surface area (Å²) in [5.41, 5.74) is 11.5. The van der Waals surface area contributed by atoms with Gasteiger partial charge in [-0.1, -0.05) is 110 Å². The number of benzene rings is 5. The van der Waals surface area contributed by atoms with E-state index in [2.05, 4.69) is 110 Å². The van der Waals surface area contributed by atoms with Crippen LogP contribution in [-0.4, -0.2) is 15.0 Å². The Labute approximate surface area is 257 Å². The van der Waals surface area contributed by atoms with Crippen molar-refractivity contribution in [3.8, 4) is 33.9 Å². The van der Waals surface area contributed by atoms with Crippen molar-refractivity contribution in [3.05, 3.63) is 150 Å². The van der Waals surface area contributed by atoms with Crippen LogP contribution in [0.25, 0.3) is 67.0 Å². The van der Waals surface area contributed by atoms with E-state index in [0.29, 0.717) is 17.5 Å². The van der Waals surface area contributed by atoms with Crippen LogP contribution in [0.3, 0.4) is 0 Å². The van der Waals surface area contributed by atoms with E-state index in [-0.39, 0.29) is 0 Å². The average molecular weight is 570 g/mol. The number of furan rings is 1. The zero-order valence-electron chi connectivity index (χ0n) is 25.0. The fourth-order valence-electron chi connectivity index (χ4n) is 5.80. The van der Waals surface area contributed by atoms with Gasteiger partial charge in [0.25, 0.3) is 0 Å². The van der Waals surface area contributed by atoms with Gasteiger partial charge in [-0.05, 0) is 77.9 Å². The number of aryl methyl sites for hydroxylation is 1. The van der Waals surface area contributed by atoms with Gasteiger partial charge in [-0.2, -0.15) is 0 Å². The summed E-state index contributed by atoms with van der Waals surface area (Å²) in [7, 11) is 0. The van der Waals surface area contributed by atoms with Crippen molar-refractivity contribution in [1.82, 2.24) is 15.0 Å². The molecule has 0 radical (unpaired) electrons. The van der Waals surface area contributed by atoms with E-state index >= 15 is 0 Å². The minimum absolute atomic E-state index is 0.592. The molecular formula is C40H31N3O. The highest BCUT2D eigenvalue weighted by Gasteiger charge is 2.16. The third kappa shape index (κ3) is 4.91. The molecule has 0 atom stereocenters.